The number of rotatable bonds is 4. The number of aryl methyl sites for hydroxylation is 1. The summed E-state index contributed by atoms with van der Waals surface area (Å²) < 4.78 is 5.59. The molecule has 1 aliphatic rings. The lowest BCUT2D eigenvalue weighted by Crippen LogP contribution is -2.50. The van der Waals surface area contributed by atoms with Crippen LogP contribution in [0.2, 0.25) is 0 Å². The van der Waals surface area contributed by atoms with Gasteiger partial charge in [-0.15, -0.1) is 6.42 Å². The van der Waals surface area contributed by atoms with Crippen LogP contribution in [0.25, 0.3) is 0 Å². The highest BCUT2D eigenvalue weighted by Crippen LogP contribution is 2.26. The van der Waals surface area contributed by atoms with Crippen molar-refractivity contribution in [1.82, 2.24) is 4.90 Å². The topological polar surface area (TPSA) is 29.5 Å². The zero-order chi connectivity index (χ0) is 14.5. The number of Topliss-reactive ketones (excluding diaryl/α,β-unsaturated/α-hetero) is 1. The summed E-state index contributed by atoms with van der Waals surface area (Å²) in [6.45, 7) is 6.32. The molecule has 0 saturated carbocycles. The van der Waals surface area contributed by atoms with E-state index in [0.717, 1.165) is 11.1 Å². The van der Waals surface area contributed by atoms with Crippen LogP contribution in [-0.2, 0) is 9.53 Å². The summed E-state index contributed by atoms with van der Waals surface area (Å²) in [5, 5.41) is 0. The third kappa shape index (κ3) is 3.27. The summed E-state index contributed by atoms with van der Waals surface area (Å²) in [7, 11) is 0. The minimum Gasteiger partial charge on any atom is -0.369 e. The number of ether oxygens (including phenoxy) is 1. The fourth-order valence-corrected chi connectivity index (χ4v) is 2.72. The number of hydrogen-bond acceptors (Lipinski definition) is 3. The summed E-state index contributed by atoms with van der Waals surface area (Å²) >= 11 is 0. The number of likely N-dealkylation sites (tertiary alicyclic amines) is 1. The molecule has 1 fully saturated rings. The van der Waals surface area contributed by atoms with Gasteiger partial charge >= 0.3 is 0 Å². The van der Waals surface area contributed by atoms with Crippen molar-refractivity contribution in [1.29, 1.82) is 0 Å². The lowest BCUT2D eigenvalue weighted by molar-refractivity contribution is -0.137. The number of carbonyl (C=O) groups is 1. The smallest absolute Gasteiger partial charge is 0.171 e. The van der Waals surface area contributed by atoms with Gasteiger partial charge in [-0.05, 0) is 19.4 Å². The fraction of sp³-hybridized carbons (Fsp3) is 0.471. The van der Waals surface area contributed by atoms with Crippen molar-refractivity contribution in [2.75, 3.05) is 26.2 Å². The zero-order valence-electron chi connectivity index (χ0n) is 12.1. The normalized spacial score (nSPS) is 23.6. The van der Waals surface area contributed by atoms with Crippen molar-refractivity contribution >= 4 is 5.78 Å². The van der Waals surface area contributed by atoms with Crippen LogP contribution in [0.3, 0.4) is 0 Å². The molecular formula is C17H21NO2. The van der Waals surface area contributed by atoms with E-state index in [1.807, 2.05) is 32.0 Å². The molecule has 0 radical (unpaired) electrons. The van der Waals surface area contributed by atoms with Crippen LogP contribution in [0.4, 0.5) is 0 Å². The zero-order valence-corrected chi connectivity index (χ0v) is 12.1. The van der Waals surface area contributed by atoms with Crippen LogP contribution in [0.1, 0.15) is 24.0 Å². The van der Waals surface area contributed by atoms with E-state index < -0.39 is 0 Å². The predicted octanol–water partition coefficient (Wildman–Crippen LogP) is 2.00. The highest BCUT2D eigenvalue weighted by Gasteiger charge is 2.36. The molecule has 20 heavy (non-hydrogen) atoms. The van der Waals surface area contributed by atoms with Gasteiger partial charge in [0.2, 0.25) is 0 Å². The molecular weight excluding hydrogens is 250 g/mol. The van der Waals surface area contributed by atoms with E-state index in [9.17, 15) is 4.79 Å². The van der Waals surface area contributed by atoms with Crippen molar-refractivity contribution in [2.45, 2.75) is 25.9 Å². The maximum absolute atomic E-state index is 12.6. The highest BCUT2D eigenvalue weighted by molar-refractivity contribution is 5.91. The van der Waals surface area contributed by atoms with Gasteiger partial charge in [-0.3, -0.25) is 9.69 Å². The van der Waals surface area contributed by atoms with Crippen molar-refractivity contribution in [3.63, 3.8) is 0 Å². The first-order chi connectivity index (χ1) is 9.65. The maximum atomic E-state index is 12.6. The first-order valence-electron chi connectivity index (χ1n) is 7.03. The molecule has 0 amide bonds. The van der Waals surface area contributed by atoms with E-state index >= 15 is 0 Å². The Labute approximate surface area is 120 Å². The van der Waals surface area contributed by atoms with Gasteiger partial charge in [0.25, 0.3) is 0 Å². The molecule has 0 N–H and O–H groups in total. The Morgan fingerprint density at radius 1 is 1.45 bits per heavy atom. The number of carbonyl (C=O) groups excluding carboxylic acids is 1. The Hall–Kier alpha value is -1.63. The molecule has 2 rings (SSSR count). The molecule has 2 unspecified atom stereocenters. The van der Waals surface area contributed by atoms with Gasteiger partial charge in [-0.2, -0.15) is 0 Å². The molecule has 1 aromatic carbocycles. The van der Waals surface area contributed by atoms with Crippen LogP contribution < -0.4 is 0 Å². The van der Waals surface area contributed by atoms with Crippen molar-refractivity contribution in [3.05, 3.63) is 35.4 Å². The van der Waals surface area contributed by atoms with E-state index in [1.54, 1.807) is 0 Å². The van der Waals surface area contributed by atoms with E-state index in [-0.39, 0.29) is 17.8 Å². The second kappa shape index (κ2) is 6.69. The quantitative estimate of drug-likeness (QED) is 0.785. The van der Waals surface area contributed by atoms with Gasteiger partial charge < -0.3 is 4.74 Å². The summed E-state index contributed by atoms with van der Waals surface area (Å²) in [5.41, 5.74) is 2.22. The van der Waals surface area contributed by atoms with Gasteiger partial charge in [0.15, 0.2) is 5.78 Å². The summed E-state index contributed by atoms with van der Waals surface area (Å²) in [6.07, 6.45) is 5.04. The molecule has 0 aromatic heterocycles. The molecule has 1 aromatic rings. The molecule has 1 heterocycles. The van der Waals surface area contributed by atoms with Crippen LogP contribution in [0.5, 0.6) is 0 Å². The van der Waals surface area contributed by atoms with Crippen molar-refractivity contribution in [2.24, 2.45) is 0 Å². The standard InChI is InChI=1S/C17H21NO2/c1-4-9-18-11-15(14-8-6-7-13(3)10-14)17(19)16(12-18)20-5-2/h1,6-8,10,15-16H,5,9,11-12H2,2-3H3. The number of nitrogens with zero attached hydrogens (tertiary/aromatic N) is 1. The van der Waals surface area contributed by atoms with E-state index in [2.05, 4.69) is 16.9 Å². The van der Waals surface area contributed by atoms with Crippen LogP contribution in [-0.4, -0.2) is 43.0 Å². The average Bonchev–Trinajstić information content (AvgIpc) is 2.43. The first-order valence-corrected chi connectivity index (χ1v) is 7.03. The fourth-order valence-electron chi connectivity index (χ4n) is 2.72. The Kier molecular flexibility index (Phi) is 4.94. The first kappa shape index (κ1) is 14.8. The number of hydrogen-bond donors (Lipinski definition) is 0. The monoisotopic (exact) mass is 271 g/mol. The van der Waals surface area contributed by atoms with Gasteiger partial charge in [0, 0.05) is 19.7 Å². The molecule has 106 valence electrons. The van der Waals surface area contributed by atoms with Gasteiger partial charge in [-0.1, -0.05) is 35.7 Å². The lowest BCUT2D eigenvalue weighted by Gasteiger charge is -2.35. The Bertz CT molecular complexity index is 518. The van der Waals surface area contributed by atoms with E-state index in [0.29, 0.717) is 26.2 Å². The number of piperidine rings is 1. The number of ketones is 1. The Morgan fingerprint density at radius 3 is 2.90 bits per heavy atom. The van der Waals surface area contributed by atoms with E-state index in [1.165, 1.54) is 0 Å². The largest absolute Gasteiger partial charge is 0.369 e. The summed E-state index contributed by atoms with van der Waals surface area (Å²) in [5.74, 6) is 2.68. The molecule has 0 spiro atoms. The van der Waals surface area contributed by atoms with Gasteiger partial charge in [0.1, 0.15) is 6.10 Å². The number of terminal acetylenes is 1. The van der Waals surface area contributed by atoms with Crippen LogP contribution >= 0.6 is 0 Å². The second-order valence-corrected chi connectivity index (χ2v) is 5.21. The molecule has 3 heteroatoms. The summed E-state index contributed by atoms with van der Waals surface area (Å²) in [4.78, 5) is 14.7. The van der Waals surface area contributed by atoms with Crippen LogP contribution in [0, 0.1) is 19.3 Å². The Morgan fingerprint density at radius 2 is 2.25 bits per heavy atom. The van der Waals surface area contributed by atoms with Gasteiger partial charge in [-0.25, -0.2) is 0 Å². The van der Waals surface area contributed by atoms with Gasteiger partial charge in [0.05, 0.1) is 12.5 Å². The second-order valence-electron chi connectivity index (χ2n) is 5.21. The minimum absolute atomic E-state index is 0.145. The molecule has 2 atom stereocenters. The summed E-state index contributed by atoms with van der Waals surface area (Å²) in [6, 6.07) is 8.12. The molecule has 1 aliphatic heterocycles. The molecule has 0 bridgehead atoms. The Balaban J connectivity index is 2.25. The number of benzene rings is 1. The minimum atomic E-state index is -0.368. The third-order valence-electron chi connectivity index (χ3n) is 3.65. The third-order valence-corrected chi connectivity index (χ3v) is 3.65. The van der Waals surface area contributed by atoms with Crippen molar-refractivity contribution < 1.29 is 9.53 Å². The highest BCUT2D eigenvalue weighted by atomic mass is 16.5. The lowest BCUT2D eigenvalue weighted by atomic mass is 9.87. The average molecular weight is 271 g/mol. The molecule has 1 saturated heterocycles. The SMILES string of the molecule is C#CCN1CC(OCC)C(=O)C(c2cccc(C)c2)C1. The molecule has 0 aliphatic carbocycles. The van der Waals surface area contributed by atoms with Crippen molar-refractivity contribution in [3.8, 4) is 12.3 Å². The molecule has 3 nitrogen and oxygen atoms in total. The van der Waals surface area contributed by atoms with Crippen LogP contribution in [0.15, 0.2) is 24.3 Å². The maximum Gasteiger partial charge on any atom is 0.171 e. The van der Waals surface area contributed by atoms with E-state index in [4.69, 9.17) is 11.2 Å². The predicted molar refractivity (Wildman–Crippen MR) is 79.6 cm³/mol.